The second-order valence-electron chi connectivity index (χ2n) is 3.05. The summed E-state index contributed by atoms with van der Waals surface area (Å²) in [6, 6.07) is 4.16. The average molecular weight is 220 g/mol. The Morgan fingerprint density at radius 2 is 2.19 bits per heavy atom. The van der Waals surface area contributed by atoms with Gasteiger partial charge in [-0.3, -0.25) is 10.1 Å². The van der Waals surface area contributed by atoms with E-state index in [0.29, 0.717) is 0 Å². The molecular formula is C10H8N2O4. The molecule has 1 aromatic carbocycles. The maximum absolute atomic E-state index is 11.2. The van der Waals surface area contributed by atoms with E-state index in [1.54, 1.807) is 6.07 Å². The van der Waals surface area contributed by atoms with E-state index in [-0.39, 0.29) is 22.4 Å². The van der Waals surface area contributed by atoms with Crippen molar-refractivity contribution in [1.82, 2.24) is 0 Å². The predicted octanol–water partition coefficient (Wildman–Crippen LogP) is 1.56. The largest absolute Gasteiger partial charge is 0.465 e. The lowest BCUT2D eigenvalue weighted by molar-refractivity contribution is -0.385. The maximum atomic E-state index is 11.2. The number of carbonyl (C=O) groups excluding carboxylic acids is 1. The van der Waals surface area contributed by atoms with Crippen molar-refractivity contribution >= 4 is 11.7 Å². The first kappa shape index (κ1) is 11.7. The molecule has 0 unspecified atom stereocenters. The number of methoxy groups -OCH3 is 1. The van der Waals surface area contributed by atoms with Crippen LogP contribution in [-0.4, -0.2) is 18.0 Å². The zero-order valence-electron chi connectivity index (χ0n) is 8.68. The molecule has 1 rings (SSSR count). The topological polar surface area (TPSA) is 93.2 Å². The predicted molar refractivity (Wildman–Crippen MR) is 53.9 cm³/mol. The van der Waals surface area contributed by atoms with E-state index in [9.17, 15) is 14.9 Å². The molecule has 0 heterocycles. The highest BCUT2D eigenvalue weighted by Crippen LogP contribution is 2.24. The fourth-order valence-electron chi connectivity index (χ4n) is 1.34. The molecule has 0 atom stereocenters. The molecule has 6 nitrogen and oxygen atoms in total. The van der Waals surface area contributed by atoms with Crippen molar-refractivity contribution in [3.8, 4) is 6.07 Å². The fourth-order valence-corrected chi connectivity index (χ4v) is 1.34. The van der Waals surface area contributed by atoms with Crippen molar-refractivity contribution in [1.29, 1.82) is 5.26 Å². The Morgan fingerprint density at radius 1 is 1.56 bits per heavy atom. The molecule has 0 aliphatic carbocycles. The summed E-state index contributed by atoms with van der Waals surface area (Å²) in [5.74, 6) is -0.630. The third-order valence-electron chi connectivity index (χ3n) is 2.02. The number of ether oxygens (including phenoxy) is 1. The number of carbonyl (C=O) groups is 1. The van der Waals surface area contributed by atoms with E-state index in [4.69, 9.17) is 5.26 Å². The van der Waals surface area contributed by atoms with Gasteiger partial charge in [-0.15, -0.1) is 0 Å². The van der Waals surface area contributed by atoms with Gasteiger partial charge in [0.05, 0.1) is 17.6 Å². The van der Waals surface area contributed by atoms with E-state index in [1.807, 2.05) is 0 Å². The van der Waals surface area contributed by atoms with Crippen molar-refractivity contribution in [3.05, 3.63) is 38.9 Å². The van der Waals surface area contributed by atoms with Crippen LogP contribution in [0.1, 0.15) is 21.5 Å². The number of nitriles is 1. The van der Waals surface area contributed by atoms with Crippen LogP contribution in [0.15, 0.2) is 12.1 Å². The van der Waals surface area contributed by atoms with Crippen LogP contribution in [-0.2, 0) is 4.74 Å². The van der Waals surface area contributed by atoms with Crippen molar-refractivity contribution in [2.45, 2.75) is 6.92 Å². The average Bonchev–Trinajstić information content (AvgIpc) is 2.26. The first-order valence-corrected chi connectivity index (χ1v) is 4.28. The van der Waals surface area contributed by atoms with Gasteiger partial charge >= 0.3 is 5.97 Å². The van der Waals surface area contributed by atoms with E-state index in [2.05, 4.69) is 4.74 Å². The minimum Gasteiger partial charge on any atom is -0.465 e. The van der Waals surface area contributed by atoms with E-state index in [1.165, 1.54) is 20.1 Å². The number of benzene rings is 1. The number of aryl methyl sites for hydroxylation is 1. The lowest BCUT2D eigenvalue weighted by Crippen LogP contribution is -2.04. The van der Waals surface area contributed by atoms with Crippen LogP contribution in [0.3, 0.4) is 0 Å². The van der Waals surface area contributed by atoms with Crippen LogP contribution in [0.4, 0.5) is 5.69 Å². The molecule has 0 radical (unpaired) electrons. The van der Waals surface area contributed by atoms with Crippen LogP contribution < -0.4 is 0 Å². The monoisotopic (exact) mass is 220 g/mol. The van der Waals surface area contributed by atoms with E-state index < -0.39 is 10.9 Å². The number of hydrogen-bond acceptors (Lipinski definition) is 5. The molecule has 0 saturated carbocycles. The Hall–Kier alpha value is -2.42. The lowest BCUT2D eigenvalue weighted by Gasteiger charge is -2.03. The van der Waals surface area contributed by atoms with Gasteiger partial charge in [0, 0.05) is 5.56 Å². The molecule has 0 spiro atoms. The second kappa shape index (κ2) is 4.40. The maximum Gasteiger partial charge on any atom is 0.337 e. The SMILES string of the molecule is COC(=O)c1cc(C)c([N+](=O)[O-])c(C#N)c1. The highest BCUT2D eigenvalue weighted by molar-refractivity contribution is 5.90. The summed E-state index contributed by atoms with van der Waals surface area (Å²) in [5.41, 5.74) is -0.0489. The van der Waals surface area contributed by atoms with Crippen LogP contribution in [0.25, 0.3) is 0 Å². The van der Waals surface area contributed by atoms with E-state index in [0.717, 1.165) is 6.07 Å². The minimum absolute atomic E-state index is 0.127. The van der Waals surface area contributed by atoms with Gasteiger partial charge < -0.3 is 4.74 Å². The van der Waals surface area contributed by atoms with Crippen molar-refractivity contribution in [2.75, 3.05) is 7.11 Å². The van der Waals surface area contributed by atoms with Gasteiger partial charge in [0.15, 0.2) is 0 Å². The van der Waals surface area contributed by atoms with Crippen molar-refractivity contribution in [3.63, 3.8) is 0 Å². The summed E-state index contributed by atoms with van der Waals surface area (Å²) in [5, 5.41) is 19.5. The Kier molecular flexibility index (Phi) is 3.20. The summed E-state index contributed by atoms with van der Waals surface area (Å²) in [6.07, 6.45) is 0. The zero-order chi connectivity index (χ0) is 12.3. The molecule has 0 aliphatic heterocycles. The molecule has 0 bridgehead atoms. The fraction of sp³-hybridized carbons (Fsp3) is 0.200. The minimum atomic E-state index is -0.644. The highest BCUT2D eigenvalue weighted by atomic mass is 16.6. The number of rotatable bonds is 2. The highest BCUT2D eigenvalue weighted by Gasteiger charge is 2.20. The molecule has 16 heavy (non-hydrogen) atoms. The molecule has 0 saturated heterocycles. The summed E-state index contributed by atoms with van der Waals surface area (Å²) < 4.78 is 4.47. The van der Waals surface area contributed by atoms with Crippen LogP contribution in [0.2, 0.25) is 0 Å². The third kappa shape index (κ3) is 1.98. The normalized spacial score (nSPS) is 9.31. The van der Waals surface area contributed by atoms with Crippen LogP contribution in [0, 0.1) is 28.4 Å². The Balaban J connectivity index is 3.45. The molecule has 0 aliphatic rings. The summed E-state index contributed by atoms with van der Waals surface area (Å²) in [6.45, 7) is 1.46. The van der Waals surface area contributed by atoms with Gasteiger partial charge in [-0.2, -0.15) is 5.26 Å². The van der Waals surface area contributed by atoms with Gasteiger partial charge in [0.2, 0.25) is 0 Å². The van der Waals surface area contributed by atoms with Crippen molar-refractivity contribution < 1.29 is 14.5 Å². The number of esters is 1. The van der Waals surface area contributed by atoms with Gasteiger partial charge in [0.1, 0.15) is 11.6 Å². The third-order valence-corrected chi connectivity index (χ3v) is 2.02. The van der Waals surface area contributed by atoms with Gasteiger partial charge in [0.25, 0.3) is 5.69 Å². The first-order valence-electron chi connectivity index (χ1n) is 4.28. The quantitative estimate of drug-likeness (QED) is 0.428. The smallest absolute Gasteiger partial charge is 0.337 e. The lowest BCUT2D eigenvalue weighted by atomic mass is 10.0. The first-order chi connectivity index (χ1) is 7.51. The van der Waals surface area contributed by atoms with E-state index >= 15 is 0 Å². The molecular weight excluding hydrogens is 212 g/mol. The Labute approximate surface area is 91.2 Å². The van der Waals surface area contributed by atoms with Gasteiger partial charge in [-0.1, -0.05) is 0 Å². The van der Waals surface area contributed by atoms with Gasteiger partial charge in [-0.25, -0.2) is 4.79 Å². The molecule has 0 fully saturated rings. The standard InChI is InChI=1S/C10H8N2O4/c1-6-3-7(10(13)16-2)4-8(5-11)9(6)12(14)15/h3-4H,1-2H3. The number of nitro benzene ring substituents is 1. The summed E-state index contributed by atoms with van der Waals surface area (Å²) in [4.78, 5) is 21.3. The van der Waals surface area contributed by atoms with Gasteiger partial charge in [-0.05, 0) is 19.1 Å². The van der Waals surface area contributed by atoms with Crippen LogP contribution in [0.5, 0.6) is 0 Å². The molecule has 82 valence electrons. The zero-order valence-corrected chi connectivity index (χ0v) is 8.68. The summed E-state index contributed by atoms with van der Waals surface area (Å²) in [7, 11) is 1.20. The van der Waals surface area contributed by atoms with Crippen LogP contribution >= 0.6 is 0 Å². The number of nitrogens with zero attached hydrogens (tertiary/aromatic N) is 2. The molecule has 0 N–H and O–H groups in total. The Bertz CT molecular complexity index is 502. The Morgan fingerprint density at radius 3 is 2.62 bits per heavy atom. The van der Waals surface area contributed by atoms with Crippen molar-refractivity contribution in [2.24, 2.45) is 0 Å². The summed E-state index contributed by atoms with van der Waals surface area (Å²) >= 11 is 0. The molecule has 1 aromatic rings. The molecule has 0 amide bonds. The molecule has 0 aromatic heterocycles. The number of hydrogen-bond donors (Lipinski definition) is 0. The molecule has 6 heteroatoms. The second-order valence-corrected chi connectivity index (χ2v) is 3.05. The number of nitro groups is 1.